The topological polar surface area (TPSA) is 91.9 Å². The summed E-state index contributed by atoms with van der Waals surface area (Å²) in [6, 6.07) is 14.2. The minimum absolute atomic E-state index is 0.0737. The van der Waals surface area contributed by atoms with Gasteiger partial charge in [0.05, 0.1) is 18.2 Å². The second-order valence-corrected chi connectivity index (χ2v) is 8.00. The summed E-state index contributed by atoms with van der Waals surface area (Å²) in [5, 5.41) is 9.44. The summed E-state index contributed by atoms with van der Waals surface area (Å²) >= 11 is 0. The Morgan fingerprint density at radius 3 is 2.53 bits per heavy atom. The molecule has 178 valence electrons. The van der Waals surface area contributed by atoms with Gasteiger partial charge in [-0.05, 0) is 62.1 Å². The van der Waals surface area contributed by atoms with Crippen LogP contribution < -0.4 is 19.9 Å². The van der Waals surface area contributed by atoms with Crippen LogP contribution >= 0.6 is 0 Å². The first kappa shape index (κ1) is 23.3. The highest BCUT2D eigenvalue weighted by molar-refractivity contribution is 5.89. The summed E-state index contributed by atoms with van der Waals surface area (Å²) in [4.78, 5) is 28.2. The predicted octanol–water partition coefficient (Wildman–Crippen LogP) is 5.33. The number of carbonyl (C=O) groups is 1. The van der Waals surface area contributed by atoms with Crippen LogP contribution in [0.4, 0.5) is 20.2 Å². The Hall–Kier alpha value is -3.88. The van der Waals surface area contributed by atoms with Crippen LogP contribution in [0.1, 0.15) is 41.6 Å². The number of nitrogens with one attached hydrogen (secondary N) is 1. The second-order valence-electron chi connectivity index (χ2n) is 8.00. The molecule has 2 aromatic carbocycles. The molecule has 1 aliphatic carbocycles. The van der Waals surface area contributed by atoms with E-state index in [0.717, 1.165) is 25.7 Å². The van der Waals surface area contributed by atoms with Crippen molar-refractivity contribution in [3.05, 3.63) is 82.3 Å². The van der Waals surface area contributed by atoms with Crippen LogP contribution in [0.5, 0.6) is 11.5 Å². The molecule has 1 saturated carbocycles. The summed E-state index contributed by atoms with van der Waals surface area (Å²) < 4.78 is 36.7. The maximum atomic E-state index is 13.0. The number of H-pyrrole nitrogens is 1. The monoisotopic (exact) mass is 470 g/mol. The molecule has 0 saturated heterocycles. The Labute approximate surface area is 194 Å². The summed E-state index contributed by atoms with van der Waals surface area (Å²) in [5.74, 6) is -1.00. The zero-order chi connectivity index (χ0) is 24.1. The van der Waals surface area contributed by atoms with Gasteiger partial charge < -0.3 is 24.5 Å². The molecular weight excluding hydrogens is 446 g/mol. The van der Waals surface area contributed by atoms with Crippen molar-refractivity contribution in [3.8, 4) is 11.5 Å². The molecule has 0 radical (unpaired) electrons. The van der Waals surface area contributed by atoms with E-state index in [4.69, 9.17) is 4.74 Å². The molecule has 2 N–H and O–H groups in total. The summed E-state index contributed by atoms with van der Waals surface area (Å²) in [6.07, 6.45) is 5.06. The van der Waals surface area contributed by atoms with Crippen LogP contribution in [-0.4, -0.2) is 28.8 Å². The lowest BCUT2D eigenvalue weighted by molar-refractivity contribution is -0.0520. The molecule has 1 heterocycles. The van der Waals surface area contributed by atoms with E-state index in [0.29, 0.717) is 16.9 Å². The van der Waals surface area contributed by atoms with Gasteiger partial charge in [0.15, 0.2) is 11.5 Å². The van der Waals surface area contributed by atoms with Crippen LogP contribution in [-0.2, 0) is 6.54 Å². The predicted molar refractivity (Wildman–Crippen MR) is 122 cm³/mol. The maximum Gasteiger partial charge on any atom is 0.387 e. The number of benzene rings is 2. The maximum absolute atomic E-state index is 13.0. The third-order valence-corrected chi connectivity index (χ3v) is 5.68. The first-order chi connectivity index (χ1) is 16.4. The van der Waals surface area contributed by atoms with Gasteiger partial charge in [0.1, 0.15) is 0 Å². The van der Waals surface area contributed by atoms with E-state index in [-0.39, 0.29) is 35.3 Å². The van der Waals surface area contributed by atoms with Crippen molar-refractivity contribution in [2.24, 2.45) is 0 Å². The van der Waals surface area contributed by atoms with Gasteiger partial charge in [-0.1, -0.05) is 12.1 Å². The fraction of sp³-hybridized carbons (Fsp3) is 0.280. The quantitative estimate of drug-likeness (QED) is 0.439. The molecular formula is C25H24F2N2O5. The number of aromatic nitrogens is 1. The number of alkyl halides is 2. The molecule has 0 spiro atoms. The van der Waals surface area contributed by atoms with E-state index in [1.807, 2.05) is 0 Å². The largest absolute Gasteiger partial charge is 0.486 e. The number of hydrogen-bond acceptors (Lipinski definition) is 5. The summed E-state index contributed by atoms with van der Waals surface area (Å²) in [5.41, 5.74) is 1.26. The number of anilines is 2. The number of halogens is 2. The Morgan fingerprint density at radius 1 is 1.06 bits per heavy atom. The van der Waals surface area contributed by atoms with E-state index >= 15 is 0 Å². The van der Waals surface area contributed by atoms with Gasteiger partial charge in [-0.25, -0.2) is 4.79 Å². The second kappa shape index (κ2) is 10.4. The van der Waals surface area contributed by atoms with Crippen molar-refractivity contribution in [1.29, 1.82) is 0 Å². The Balaban J connectivity index is 1.78. The minimum atomic E-state index is -3.01. The van der Waals surface area contributed by atoms with Gasteiger partial charge in [0.25, 0.3) is 5.56 Å². The molecule has 0 bridgehead atoms. The van der Waals surface area contributed by atoms with E-state index < -0.39 is 12.6 Å². The van der Waals surface area contributed by atoms with Crippen molar-refractivity contribution >= 4 is 17.3 Å². The zero-order valence-electron chi connectivity index (χ0n) is 18.2. The summed E-state index contributed by atoms with van der Waals surface area (Å²) in [7, 11) is 0. The highest BCUT2D eigenvalue weighted by atomic mass is 19.3. The Bertz CT molecular complexity index is 1210. The number of nitrogens with zero attached hydrogens (tertiary/aromatic N) is 1. The molecule has 0 amide bonds. The Kier molecular flexibility index (Phi) is 7.10. The molecule has 34 heavy (non-hydrogen) atoms. The van der Waals surface area contributed by atoms with E-state index in [9.17, 15) is 23.5 Å². The third-order valence-electron chi connectivity index (χ3n) is 5.68. The Morgan fingerprint density at radius 2 is 1.82 bits per heavy atom. The van der Waals surface area contributed by atoms with Gasteiger partial charge in [0, 0.05) is 29.2 Å². The highest BCUT2D eigenvalue weighted by Crippen LogP contribution is 2.38. The van der Waals surface area contributed by atoms with Crippen molar-refractivity contribution in [3.63, 3.8) is 0 Å². The number of carboxylic acids is 1. The lowest BCUT2D eigenvalue weighted by atomic mass is 10.1. The number of ether oxygens (including phenoxy) is 2. The van der Waals surface area contributed by atoms with Gasteiger partial charge in [0.2, 0.25) is 0 Å². The number of carboxylic acid groups (broad SMARTS) is 1. The first-order valence-electron chi connectivity index (χ1n) is 10.9. The molecule has 4 rings (SSSR count). The number of aromatic amines is 1. The van der Waals surface area contributed by atoms with E-state index in [2.05, 4.69) is 9.72 Å². The van der Waals surface area contributed by atoms with Crippen molar-refractivity contribution in [1.82, 2.24) is 4.98 Å². The number of pyridine rings is 1. The van der Waals surface area contributed by atoms with E-state index in [1.54, 1.807) is 41.3 Å². The number of rotatable bonds is 9. The van der Waals surface area contributed by atoms with Crippen LogP contribution in [0, 0.1) is 0 Å². The molecule has 0 atom stereocenters. The molecule has 3 aromatic rings. The standard InChI is InChI=1S/C25H24F2N2O5/c26-25(27)34-21-11-10-19(14-22(21)33-20-8-1-2-9-20)29(15-17-6-4-12-28-23(17)30)18-7-3-5-16(13-18)24(31)32/h3-7,10-14,20,25H,1-2,8-9,15H2,(H,28,30)(H,31,32). The minimum Gasteiger partial charge on any atom is -0.486 e. The fourth-order valence-electron chi connectivity index (χ4n) is 4.03. The lowest BCUT2D eigenvalue weighted by Gasteiger charge is -2.27. The van der Waals surface area contributed by atoms with Gasteiger partial charge in [-0.15, -0.1) is 0 Å². The highest BCUT2D eigenvalue weighted by Gasteiger charge is 2.22. The first-order valence-corrected chi connectivity index (χ1v) is 10.9. The third kappa shape index (κ3) is 5.54. The van der Waals surface area contributed by atoms with Crippen LogP contribution in [0.25, 0.3) is 0 Å². The van der Waals surface area contributed by atoms with Gasteiger partial charge in [-0.2, -0.15) is 8.78 Å². The fourth-order valence-corrected chi connectivity index (χ4v) is 4.03. The molecule has 1 aliphatic rings. The zero-order valence-corrected chi connectivity index (χ0v) is 18.2. The average Bonchev–Trinajstić information content (AvgIpc) is 3.33. The van der Waals surface area contributed by atoms with Crippen molar-refractivity contribution < 1.29 is 28.2 Å². The number of hydrogen-bond donors (Lipinski definition) is 2. The number of aromatic carboxylic acids is 1. The van der Waals surface area contributed by atoms with Crippen molar-refractivity contribution in [2.45, 2.75) is 44.9 Å². The van der Waals surface area contributed by atoms with Gasteiger partial charge in [-0.3, -0.25) is 4.79 Å². The van der Waals surface area contributed by atoms with Crippen LogP contribution in [0.2, 0.25) is 0 Å². The molecule has 9 heteroatoms. The normalized spacial score (nSPS) is 13.7. The van der Waals surface area contributed by atoms with Gasteiger partial charge >= 0.3 is 12.6 Å². The molecule has 7 nitrogen and oxygen atoms in total. The molecule has 0 unspecified atom stereocenters. The van der Waals surface area contributed by atoms with E-state index in [1.165, 1.54) is 24.4 Å². The van der Waals surface area contributed by atoms with Crippen LogP contribution in [0.15, 0.2) is 65.6 Å². The average molecular weight is 470 g/mol. The molecule has 0 aliphatic heterocycles. The smallest absolute Gasteiger partial charge is 0.387 e. The summed E-state index contributed by atoms with van der Waals surface area (Å²) in [6.45, 7) is -2.90. The van der Waals surface area contributed by atoms with Crippen LogP contribution in [0.3, 0.4) is 0 Å². The molecule has 1 fully saturated rings. The van der Waals surface area contributed by atoms with Crippen molar-refractivity contribution in [2.75, 3.05) is 4.90 Å². The molecule has 1 aromatic heterocycles. The lowest BCUT2D eigenvalue weighted by Crippen LogP contribution is -2.23. The SMILES string of the molecule is O=C(O)c1cccc(N(Cc2ccc[nH]c2=O)c2ccc(OC(F)F)c(OC3CCCC3)c2)c1.